The fourth-order valence-electron chi connectivity index (χ4n) is 1.06. The van der Waals surface area contributed by atoms with E-state index in [0.29, 0.717) is 22.2 Å². The maximum absolute atomic E-state index is 11.7. The maximum Gasteiger partial charge on any atom is 0.168 e. The number of Topliss-reactive ketones (excluding diaryl/α,β-unsaturated/α-hetero) is 1. The Balaban J connectivity index is 3.02. The van der Waals surface area contributed by atoms with Gasteiger partial charge in [-0.15, -0.1) is 0 Å². The number of carbonyl (C=O) groups excluding carboxylic acids is 1. The molecular weight excluding hydrogens is 221 g/mol. The van der Waals surface area contributed by atoms with Crippen molar-refractivity contribution in [1.29, 1.82) is 0 Å². The third-order valence-corrected chi connectivity index (χ3v) is 2.55. The molecule has 0 aliphatic rings. The molecule has 4 heteroatoms. The van der Waals surface area contributed by atoms with E-state index in [1.54, 1.807) is 25.1 Å². The van der Waals surface area contributed by atoms with Gasteiger partial charge >= 0.3 is 0 Å². The second kappa shape index (κ2) is 4.78. The zero-order chi connectivity index (χ0) is 10.7. The molecule has 0 radical (unpaired) electrons. The van der Waals surface area contributed by atoms with E-state index in [1.165, 1.54) is 0 Å². The molecule has 0 amide bonds. The molecule has 0 aromatic heterocycles. The molecule has 0 saturated carbocycles. The highest BCUT2D eigenvalue weighted by Crippen LogP contribution is 2.23. The Morgan fingerprint density at radius 2 is 2.14 bits per heavy atom. The lowest BCUT2D eigenvalue weighted by atomic mass is 10.00. The summed E-state index contributed by atoms with van der Waals surface area (Å²) < 4.78 is 0. The van der Waals surface area contributed by atoms with Crippen molar-refractivity contribution < 1.29 is 4.79 Å². The topological polar surface area (TPSA) is 43.1 Å². The van der Waals surface area contributed by atoms with Crippen LogP contribution in [0.5, 0.6) is 0 Å². The Morgan fingerprint density at radius 1 is 1.50 bits per heavy atom. The van der Waals surface area contributed by atoms with Gasteiger partial charge in [-0.05, 0) is 18.2 Å². The minimum absolute atomic E-state index is 0.0471. The monoisotopic (exact) mass is 231 g/mol. The van der Waals surface area contributed by atoms with Gasteiger partial charge in [0.2, 0.25) is 0 Å². The Labute approximate surface area is 93.0 Å². The van der Waals surface area contributed by atoms with Gasteiger partial charge < -0.3 is 5.73 Å². The van der Waals surface area contributed by atoms with E-state index in [-0.39, 0.29) is 11.7 Å². The lowest BCUT2D eigenvalue weighted by Gasteiger charge is -2.08. The number of ketones is 1. The van der Waals surface area contributed by atoms with Gasteiger partial charge in [0.05, 0.1) is 5.02 Å². The summed E-state index contributed by atoms with van der Waals surface area (Å²) in [5, 5.41) is 0.898. The summed E-state index contributed by atoms with van der Waals surface area (Å²) in [6, 6.07) is 4.82. The van der Waals surface area contributed by atoms with Gasteiger partial charge in [0, 0.05) is 23.0 Å². The third kappa shape index (κ3) is 2.47. The highest BCUT2D eigenvalue weighted by molar-refractivity contribution is 6.36. The first-order valence-corrected chi connectivity index (χ1v) is 5.01. The zero-order valence-corrected chi connectivity index (χ0v) is 9.27. The van der Waals surface area contributed by atoms with Crippen LogP contribution in [0, 0.1) is 5.92 Å². The molecule has 1 rings (SSSR count). The van der Waals surface area contributed by atoms with Crippen molar-refractivity contribution in [3.63, 3.8) is 0 Å². The normalized spacial score (nSPS) is 12.6. The predicted octanol–water partition coefficient (Wildman–Crippen LogP) is 2.77. The van der Waals surface area contributed by atoms with Crippen LogP contribution in [0.15, 0.2) is 18.2 Å². The average Bonchev–Trinajstić information content (AvgIpc) is 2.15. The summed E-state index contributed by atoms with van der Waals surface area (Å²) >= 11 is 11.6. The Kier molecular flexibility index (Phi) is 3.93. The molecule has 1 unspecified atom stereocenters. The number of benzene rings is 1. The number of hydrogen-bond acceptors (Lipinski definition) is 2. The van der Waals surface area contributed by atoms with Gasteiger partial charge in [-0.25, -0.2) is 0 Å². The molecule has 2 nitrogen and oxygen atoms in total. The first-order valence-electron chi connectivity index (χ1n) is 4.25. The minimum atomic E-state index is -0.214. The average molecular weight is 232 g/mol. The third-order valence-electron chi connectivity index (χ3n) is 2.00. The second-order valence-corrected chi connectivity index (χ2v) is 3.97. The molecule has 0 spiro atoms. The van der Waals surface area contributed by atoms with Crippen molar-refractivity contribution in [2.75, 3.05) is 6.54 Å². The lowest BCUT2D eigenvalue weighted by molar-refractivity contribution is 0.0934. The van der Waals surface area contributed by atoms with Crippen molar-refractivity contribution >= 4 is 29.0 Å². The smallest absolute Gasteiger partial charge is 0.168 e. The van der Waals surface area contributed by atoms with E-state index in [2.05, 4.69) is 0 Å². The number of rotatable bonds is 3. The number of hydrogen-bond donors (Lipinski definition) is 1. The van der Waals surface area contributed by atoms with Crippen molar-refractivity contribution in [2.24, 2.45) is 11.7 Å². The van der Waals surface area contributed by atoms with E-state index in [0.717, 1.165) is 0 Å². The largest absolute Gasteiger partial charge is 0.330 e. The Morgan fingerprint density at radius 3 is 2.64 bits per heavy atom. The van der Waals surface area contributed by atoms with Crippen LogP contribution in [-0.4, -0.2) is 12.3 Å². The number of halogens is 2. The van der Waals surface area contributed by atoms with Crippen LogP contribution in [0.3, 0.4) is 0 Å². The first kappa shape index (κ1) is 11.5. The summed E-state index contributed by atoms with van der Waals surface area (Å²) in [6.07, 6.45) is 0. The fraction of sp³-hybridized carbons (Fsp3) is 0.300. The van der Waals surface area contributed by atoms with Crippen molar-refractivity contribution in [3.05, 3.63) is 33.8 Å². The van der Waals surface area contributed by atoms with Crippen molar-refractivity contribution in [3.8, 4) is 0 Å². The highest BCUT2D eigenvalue weighted by atomic mass is 35.5. The molecule has 76 valence electrons. The molecule has 1 atom stereocenters. The van der Waals surface area contributed by atoms with Crippen LogP contribution >= 0.6 is 23.2 Å². The van der Waals surface area contributed by atoms with Gasteiger partial charge in [-0.2, -0.15) is 0 Å². The van der Waals surface area contributed by atoms with Gasteiger partial charge in [0.1, 0.15) is 0 Å². The maximum atomic E-state index is 11.7. The van der Waals surface area contributed by atoms with Crippen molar-refractivity contribution in [2.45, 2.75) is 6.92 Å². The van der Waals surface area contributed by atoms with Crippen LogP contribution in [-0.2, 0) is 0 Å². The zero-order valence-electron chi connectivity index (χ0n) is 7.76. The summed E-state index contributed by atoms with van der Waals surface area (Å²) in [5.74, 6) is -0.261. The predicted molar refractivity (Wildman–Crippen MR) is 59.0 cm³/mol. The molecule has 0 fully saturated rings. The molecular formula is C10H11Cl2NO. The first-order chi connectivity index (χ1) is 6.56. The van der Waals surface area contributed by atoms with Crippen LogP contribution < -0.4 is 5.73 Å². The quantitative estimate of drug-likeness (QED) is 0.814. The van der Waals surface area contributed by atoms with Crippen LogP contribution in [0.1, 0.15) is 17.3 Å². The molecule has 0 aliphatic carbocycles. The minimum Gasteiger partial charge on any atom is -0.330 e. The van der Waals surface area contributed by atoms with Gasteiger partial charge in [-0.3, -0.25) is 4.79 Å². The summed E-state index contributed by atoms with van der Waals surface area (Å²) in [4.78, 5) is 11.7. The lowest BCUT2D eigenvalue weighted by Crippen LogP contribution is -2.20. The number of carbonyl (C=O) groups is 1. The molecule has 2 N–H and O–H groups in total. The van der Waals surface area contributed by atoms with Crippen LogP contribution in [0.25, 0.3) is 0 Å². The summed E-state index contributed by atoms with van der Waals surface area (Å²) in [6.45, 7) is 2.09. The van der Waals surface area contributed by atoms with Crippen molar-refractivity contribution in [1.82, 2.24) is 0 Å². The van der Waals surface area contributed by atoms with Crippen LogP contribution in [0.4, 0.5) is 0 Å². The Bertz CT molecular complexity index is 352. The number of nitrogens with two attached hydrogens (primary N) is 1. The second-order valence-electron chi connectivity index (χ2n) is 3.13. The molecule has 0 heterocycles. The molecule has 0 bridgehead atoms. The van der Waals surface area contributed by atoms with E-state index in [9.17, 15) is 4.79 Å². The summed E-state index contributed by atoms with van der Waals surface area (Å²) in [5.41, 5.74) is 5.88. The van der Waals surface area contributed by atoms with E-state index in [1.807, 2.05) is 0 Å². The Hall–Kier alpha value is -0.570. The molecule has 0 aliphatic heterocycles. The highest BCUT2D eigenvalue weighted by Gasteiger charge is 2.16. The van der Waals surface area contributed by atoms with Gasteiger partial charge in [0.15, 0.2) is 5.78 Å². The van der Waals surface area contributed by atoms with E-state index >= 15 is 0 Å². The molecule has 1 aromatic rings. The fourth-order valence-corrected chi connectivity index (χ4v) is 1.56. The summed E-state index contributed by atoms with van der Waals surface area (Å²) in [7, 11) is 0. The molecule has 1 aromatic carbocycles. The van der Waals surface area contributed by atoms with Gasteiger partial charge in [-0.1, -0.05) is 30.1 Å². The van der Waals surface area contributed by atoms with E-state index < -0.39 is 0 Å². The molecule has 14 heavy (non-hydrogen) atoms. The molecule has 0 saturated heterocycles. The van der Waals surface area contributed by atoms with Crippen LogP contribution in [0.2, 0.25) is 10.0 Å². The standard InChI is InChI=1S/C10H11Cl2NO/c1-6(5-13)10(14)8-3-2-7(11)4-9(8)12/h2-4,6H,5,13H2,1H3. The SMILES string of the molecule is CC(CN)C(=O)c1ccc(Cl)cc1Cl. The van der Waals surface area contributed by atoms with E-state index in [4.69, 9.17) is 28.9 Å². The van der Waals surface area contributed by atoms with Gasteiger partial charge in [0.25, 0.3) is 0 Å².